The number of halogens is 2. The van der Waals surface area contributed by atoms with Gasteiger partial charge in [0.25, 0.3) is 0 Å². The Morgan fingerprint density at radius 2 is 1.97 bits per heavy atom. The van der Waals surface area contributed by atoms with Gasteiger partial charge in [0, 0.05) is 6.42 Å². The summed E-state index contributed by atoms with van der Waals surface area (Å²) < 4.78 is 32.9. The number of hydrogen-bond acceptors (Lipinski definition) is 6. The number of thiazole rings is 1. The summed E-state index contributed by atoms with van der Waals surface area (Å²) >= 11 is 2.63. The van der Waals surface area contributed by atoms with Crippen LogP contribution in [0.25, 0.3) is 10.2 Å². The second-order valence-electron chi connectivity index (χ2n) is 6.21. The fourth-order valence-electron chi connectivity index (χ4n) is 2.87. The number of thiophene rings is 1. The van der Waals surface area contributed by atoms with Gasteiger partial charge in [-0.2, -0.15) is 0 Å². The highest BCUT2D eigenvalue weighted by Crippen LogP contribution is 2.33. The van der Waals surface area contributed by atoms with E-state index in [0.717, 1.165) is 23.1 Å². The van der Waals surface area contributed by atoms with E-state index in [0.29, 0.717) is 9.71 Å². The van der Waals surface area contributed by atoms with Gasteiger partial charge in [0.1, 0.15) is 15.5 Å². The summed E-state index contributed by atoms with van der Waals surface area (Å²) in [5.74, 6) is -2.62. The van der Waals surface area contributed by atoms with Gasteiger partial charge in [0.2, 0.25) is 5.91 Å². The Bertz CT molecular complexity index is 1030. The summed E-state index contributed by atoms with van der Waals surface area (Å²) in [6.45, 7) is 4.08. The lowest BCUT2D eigenvalue weighted by atomic mass is 10.2. The zero-order chi connectivity index (χ0) is 21.0. The van der Waals surface area contributed by atoms with Crippen molar-refractivity contribution in [3.63, 3.8) is 0 Å². The van der Waals surface area contributed by atoms with Crippen LogP contribution in [0.2, 0.25) is 0 Å². The molecule has 2 heterocycles. The number of ether oxygens (including phenoxy) is 1. The highest BCUT2D eigenvalue weighted by molar-refractivity contribution is 7.18. The number of amides is 1. The number of benzene rings is 1. The summed E-state index contributed by atoms with van der Waals surface area (Å²) in [6.07, 6.45) is 0.712. The van der Waals surface area contributed by atoms with E-state index in [2.05, 4.69) is 4.98 Å². The number of carbonyl (C=O) groups excluding carboxylic acids is 2. The molecule has 0 unspecified atom stereocenters. The molecular formula is C20H20F2N2O3S2. The average molecular weight is 439 g/mol. The van der Waals surface area contributed by atoms with Crippen LogP contribution >= 0.6 is 22.7 Å². The predicted molar refractivity (Wildman–Crippen MR) is 110 cm³/mol. The lowest BCUT2D eigenvalue weighted by molar-refractivity contribution is -0.144. The molecule has 0 saturated carbocycles. The van der Waals surface area contributed by atoms with E-state index in [4.69, 9.17) is 4.74 Å². The molecule has 0 bridgehead atoms. The maximum Gasteiger partial charge on any atom is 0.306 e. The van der Waals surface area contributed by atoms with Crippen LogP contribution in [0, 0.1) is 11.6 Å². The third kappa shape index (κ3) is 4.79. The Hall–Kier alpha value is -2.39. The first kappa shape index (κ1) is 21.3. The standard InChI is InChI=1S/C20H20F2N2O3S2/c1-3-12-9-10-28-20(12)24(16(25)7-8-17(26)27-4-2)11-15-23-19-14(29-15)6-5-13(21)18(19)22/h5-6,9-10H,3-4,7-8,11H2,1-2H3. The predicted octanol–water partition coefficient (Wildman–Crippen LogP) is 5.07. The minimum atomic E-state index is -0.990. The average Bonchev–Trinajstić information content (AvgIpc) is 3.34. The topological polar surface area (TPSA) is 59.5 Å². The summed E-state index contributed by atoms with van der Waals surface area (Å²) in [7, 11) is 0. The smallest absolute Gasteiger partial charge is 0.306 e. The van der Waals surface area contributed by atoms with Gasteiger partial charge in [0.05, 0.1) is 24.3 Å². The molecule has 0 atom stereocenters. The molecule has 3 rings (SSSR count). The molecule has 1 aromatic carbocycles. The number of anilines is 1. The maximum atomic E-state index is 14.0. The van der Waals surface area contributed by atoms with E-state index >= 15 is 0 Å². The third-order valence-corrected chi connectivity index (χ3v) is 6.27. The van der Waals surface area contributed by atoms with Crippen molar-refractivity contribution < 1.29 is 23.1 Å². The molecule has 0 aliphatic heterocycles. The molecule has 2 aromatic heterocycles. The Morgan fingerprint density at radius 1 is 1.17 bits per heavy atom. The van der Waals surface area contributed by atoms with Crippen LogP contribution in [0.4, 0.5) is 13.8 Å². The van der Waals surface area contributed by atoms with Crippen molar-refractivity contribution in [1.82, 2.24) is 4.98 Å². The number of fused-ring (bicyclic) bond motifs is 1. The molecule has 0 radical (unpaired) electrons. The van der Waals surface area contributed by atoms with Gasteiger partial charge in [-0.05, 0) is 42.5 Å². The van der Waals surface area contributed by atoms with E-state index in [1.54, 1.807) is 11.8 Å². The molecular weight excluding hydrogens is 418 g/mol. The minimum Gasteiger partial charge on any atom is -0.466 e. The molecule has 0 aliphatic rings. The Kier molecular flexibility index (Phi) is 6.92. The first-order chi connectivity index (χ1) is 13.9. The van der Waals surface area contributed by atoms with Crippen LogP contribution < -0.4 is 4.90 Å². The van der Waals surface area contributed by atoms with Gasteiger partial charge in [-0.1, -0.05) is 6.92 Å². The largest absolute Gasteiger partial charge is 0.466 e. The number of carbonyl (C=O) groups is 2. The first-order valence-electron chi connectivity index (χ1n) is 9.20. The van der Waals surface area contributed by atoms with Crippen LogP contribution in [0.3, 0.4) is 0 Å². The molecule has 0 fully saturated rings. The Balaban J connectivity index is 1.88. The van der Waals surface area contributed by atoms with Crippen molar-refractivity contribution in [1.29, 1.82) is 0 Å². The van der Waals surface area contributed by atoms with E-state index in [9.17, 15) is 18.4 Å². The Labute approximate surface area is 174 Å². The van der Waals surface area contributed by atoms with Gasteiger partial charge in [-0.25, -0.2) is 13.8 Å². The molecule has 5 nitrogen and oxygen atoms in total. The van der Waals surface area contributed by atoms with Crippen LogP contribution in [-0.2, 0) is 27.3 Å². The number of esters is 1. The zero-order valence-electron chi connectivity index (χ0n) is 16.0. The summed E-state index contributed by atoms with van der Waals surface area (Å²) in [5, 5.41) is 3.16. The fraction of sp³-hybridized carbons (Fsp3) is 0.350. The maximum absolute atomic E-state index is 14.0. The highest BCUT2D eigenvalue weighted by Gasteiger charge is 2.23. The van der Waals surface area contributed by atoms with Crippen molar-refractivity contribution in [3.8, 4) is 0 Å². The summed E-state index contributed by atoms with van der Waals surface area (Å²) in [5.41, 5.74) is 0.962. The van der Waals surface area contributed by atoms with Crippen molar-refractivity contribution >= 4 is 49.8 Å². The number of rotatable bonds is 8. The minimum absolute atomic E-state index is 0.00618. The van der Waals surface area contributed by atoms with Gasteiger partial charge in [0.15, 0.2) is 11.6 Å². The first-order valence-corrected chi connectivity index (χ1v) is 10.9. The molecule has 3 aromatic rings. The van der Waals surface area contributed by atoms with Crippen LogP contribution in [-0.4, -0.2) is 23.5 Å². The molecule has 154 valence electrons. The summed E-state index contributed by atoms with van der Waals surface area (Å²) in [6, 6.07) is 4.49. The second kappa shape index (κ2) is 9.41. The van der Waals surface area contributed by atoms with Gasteiger partial charge in [-0.15, -0.1) is 22.7 Å². The van der Waals surface area contributed by atoms with Crippen molar-refractivity contribution in [2.45, 2.75) is 39.7 Å². The van der Waals surface area contributed by atoms with Gasteiger partial charge < -0.3 is 4.74 Å². The highest BCUT2D eigenvalue weighted by atomic mass is 32.1. The van der Waals surface area contributed by atoms with E-state index in [1.165, 1.54) is 28.7 Å². The number of aryl methyl sites for hydroxylation is 1. The van der Waals surface area contributed by atoms with Crippen LogP contribution in [0.1, 0.15) is 37.3 Å². The summed E-state index contributed by atoms with van der Waals surface area (Å²) in [4.78, 5) is 30.3. The molecule has 0 saturated heterocycles. The van der Waals surface area contributed by atoms with Crippen molar-refractivity contribution in [3.05, 3.63) is 45.8 Å². The second-order valence-corrected chi connectivity index (χ2v) is 8.21. The van der Waals surface area contributed by atoms with Crippen molar-refractivity contribution in [2.75, 3.05) is 11.5 Å². The number of hydrogen-bond donors (Lipinski definition) is 0. The number of aromatic nitrogens is 1. The van der Waals surface area contributed by atoms with Crippen molar-refractivity contribution in [2.24, 2.45) is 0 Å². The molecule has 9 heteroatoms. The van der Waals surface area contributed by atoms with Gasteiger partial charge in [-0.3, -0.25) is 14.5 Å². The molecule has 1 amide bonds. The quantitative estimate of drug-likeness (QED) is 0.461. The fourth-order valence-corrected chi connectivity index (χ4v) is 4.84. The van der Waals surface area contributed by atoms with Crippen LogP contribution in [0.15, 0.2) is 23.6 Å². The number of nitrogens with zero attached hydrogens (tertiary/aromatic N) is 2. The lowest BCUT2D eigenvalue weighted by Crippen LogP contribution is -2.30. The SMILES string of the molecule is CCOC(=O)CCC(=O)N(Cc1nc2c(F)c(F)ccc2s1)c1sccc1CC. The lowest BCUT2D eigenvalue weighted by Gasteiger charge is -2.21. The van der Waals surface area contributed by atoms with E-state index < -0.39 is 17.6 Å². The van der Waals surface area contributed by atoms with Gasteiger partial charge >= 0.3 is 5.97 Å². The third-order valence-electron chi connectivity index (χ3n) is 4.29. The Morgan fingerprint density at radius 3 is 2.69 bits per heavy atom. The van der Waals surface area contributed by atoms with E-state index in [1.807, 2.05) is 18.4 Å². The molecule has 29 heavy (non-hydrogen) atoms. The van der Waals surface area contributed by atoms with E-state index in [-0.39, 0.29) is 37.4 Å². The molecule has 0 spiro atoms. The molecule has 0 aliphatic carbocycles. The normalized spacial score (nSPS) is 11.0. The monoisotopic (exact) mass is 438 g/mol. The van der Waals surface area contributed by atoms with Crippen LogP contribution in [0.5, 0.6) is 0 Å². The zero-order valence-corrected chi connectivity index (χ0v) is 17.7. The molecule has 0 N–H and O–H groups in total.